The zero-order valence-corrected chi connectivity index (χ0v) is 18.6. The molecule has 1 fully saturated rings. The van der Waals surface area contributed by atoms with E-state index in [1.165, 1.54) is 6.07 Å². The predicted octanol–water partition coefficient (Wildman–Crippen LogP) is 3.79. The van der Waals surface area contributed by atoms with E-state index in [1.54, 1.807) is 32.9 Å². The first-order chi connectivity index (χ1) is 13.5. The van der Waals surface area contributed by atoms with E-state index in [0.717, 1.165) is 12.8 Å². The summed E-state index contributed by atoms with van der Waals surface area (Å²) in [6.07, 6.45) is 4.39. The van der Waals surface area contributed by atoms with Crippen molar-refractivity contribution in [2.75, 3.05) is 11.9 Å². The van der Waals surface area contributed by atoms with Crippen LogP contribution in [0.1, 0.15) is 66.2 Å². The highest BCUT2D eigenvalue weighted by Gasteiger charge is 2.34. The molecule has 3 N–H and O–H groups in total. The number of aromatic hydroxyl groups is 1. The summed E-state index contributed by atoms with van der Waals surface area (Å²) in [6, 6.07) is 4.72. The molecule has 1 aromatic carbocycles. The molecule has 0 saturated heterocycles. The minimum atomic E-state index is -3.40. The normalized spacial score (nSPS) is 20.3. The van der Waals surface area contributed by atoms with Crippen molar-refractivity contribution in [1.82, 2.24) is 4.72 Å². The number of hydrogen-bond acceptors (Lipinski definition) is 5. The summed E-state index contributed by atoms with van der Waals surface area (Å²) in [7, 11) is -3.40. The topological polar surface area (TPSA) is 105 Å². The molecule has 0 heterocycles. The second kappa shape index (κ2) is 9.80. The molecule has 1 aromatic rings. The van der Waals surface area contributed by atoms with Crippen LogP contribution in [0.4, 0.5) is 5.69 Å². The number of sulfonamides is 1. The summed E-state index contributed by atoms with van der Waals surface area (Å²) in [5, 5.41) is 12.9. The van der Waals surface area contributed by atoms with Crippen molar-refractivity contribution in [3.63, 3.8) is 0 Å². The highest BCUT2D eigenvalue weighted by atomic mass is 32.2. The maximum atomic E-state index is 12.6. The third-order valence-corrected chi connectivity index (χ3v) is 7.48. The SMILES string of the molecule is CCCCOc1ccc(NC(=O)[C@H]2CC[C@H](NS(=O)(=O)C(C)(C)C)CC2)c(O)c1. The summed E-state index contributed by atoms with van der Waals surface area (Å²) in [6.45, 7) is 7.67. The van der Waals surface area contributed by atoms with Gasteiger partial charge in [0.2, 0.25) is 15.9 Å². The van der Waals surface area contributed by atoms with Crippen LogP contribution >= 0.6 is 0 Å². The molecule has 1 saturated carbocycles. The van der Waals surface area contributed by atoms with Gasteiger partial charge in [-0.25, -0.2) is 13.1 Å². The van der Waals surface area contributed by atoms with Gasteiger partial charge in [0.1, 0.15) is 11.5 Å². The monoisotopic (exact) mass is 426 g/mol. The molecule has 0 atom stereocenters. The molecule has 0 unspecified atom stereocenters. The third kappa shape index (κ3) is 6.60. The molecule has 0 spiro atoms. The van der Waals surface area contributed by atoms with Crippen molar-refractivity contribution in [2.45, 2.75) is 77.0 Å². The van der Waals surface area contributed by atoms with Crippen LogP contribution in [0.25, 0.3) is 0 Å². The molecule has 0 aliphatic heterocycles. The van der Waals surface area contributed by atoms with Crippen LogP contribution < -0.4 is 14.8 Å². The lowest BCUT2D eigenvalue weighted by Gasteiger charge is -2.30. The van der Waals surface area contributed by atoms with E-state index in [9.17, 15) is 18.3 Å². The number of nitrogens with one attached hydrogen (secondary N) is 2. The Balaban J connectivity index is 1.87. The van der Waals surface area contributed by atoms with Gasteiger partial charge in [-0.1, -0.05) is 13.3 Å². The Kier molecular flexibility index (Phi) is 7.94. The number of ether oxygens (including phenoxy) is 1. The first kappa shape index (κ1) is 23.5. The number of phenolic OH excluding ortho intramolecular Hbond substituents is 1. The van der Waals surface area contributed by atoms with Crippen LogP contribution in [-0.2, 0) is 14.8 Å². The number of rotatable bonds is 8. The molecule has 0 aromatic heterocycles. The lowest BCUT2D eigenvalue weighted by molar-refractivity contribution is -0.120. The Labute approximate surface area is 174 Å². The van der Waals surface area contributed by atoms with Gasteiger partial charge in [0.05, 0.1) is 17.0 Å². The average molecular weight is 427 g/mol. The van der Waals surface area contributed by atoms with Crippen molar-refractivity contribution < 1.29 is 23.1 Å². The molecular weight excluding hydrogens is 392 g/mol. The fourth-order valence-electron chi connectivity index (χ4n) is 3.15. The minimum absolute atomic E-state index is 0.0287. The zero-order chi connectivity index (χ0) is 21.7. The largest absolute Gasteiger partial charge is 0.506 e. The molecule has 1 aliphatic rings. The molecule has 7 nitrogen and oxygen atoms in total. The molecule has 1 aliphatic carbocycles. The Morgan fingerprint density at radius 2 is 1.86 bits per heavy atom. The van der Waals surface area contributed by atoms with E-state index >= 15 is 0 Å². The number of hydrogen-bond donors (Lipinski definition) is 3. The van der Waals surface area contributed by atoms with Gasteiger partial charge in [-0.15, -0.1) is 0 Å². The molecule has 164 valence electrons. The molecule has 0 bridgehead atoms. The summed E-state index contributed by atoms with van der Waals surface area (Å²) >= 11 is 0. The summed E-state index contributed by atoms with van der Waals surface area (Å²) in [5.41, 5.74) is 0.355. The van der Waals surface area contributed by atoms with Crippen LogP contribution in [0, 0.1) is 5.92 Å². The number of unbranched alkanes of at least 4 members (excludes halogenated alkanes) is 1. The number of anilines is 1. The van der Waals surface area contributed by atoms with Gasteiger partial charge in [-0.2, -0.15) is 0 Å². The maximum absolute atomic E-state index is 12.6. The van der Waals surface area contributed by atoms with E-state index in [-0.39, 0.29) is 23.6 Å². The molecule has 0 radical (unpaired) electrons. The van der Waals surface area contributed by atoms with E-state index < -0.39 is 14.8 Å². The van der Waals surface area contributed by atoms with Crippen LogP contribution in [-0.4, -0.2) is 36.8 Å². The average Bonchev–Trinajstić information content (AvgIpc) is 2.63. The van der Waals surface area contributed by atoms with E-state index in [1.807, 2.05) is 0 Å². The summed E-state index contributed by atoms with van der Waals surface area (Å²) < 4.78 is 32.1. The number of carbonyl (C=O) groups excluding carboxylic acids is 1. The molecule has 2 rings (SSSR count). The van der Waals surface area contributed by atoms with Gasteiger partial charge in [0, 0.05) is 18.0 Å². The lowest BCUT2D eigenvalue weighted by atomic mass is 9.86. The van der Waals surface area contributed by atoms with Gasteiger partial charge >= 0.3 is 0 Å². The Bertz CT molecular complexity index is 794. The number of benzene rings is 1. The molecule has 1 amide bonds. The van der Waals surface area contributed by atoms with E-state index in [4.69, 9.17) is 4.74 Å². The maximum Gasteiger partial charge on any atom is 0.227 e. The third-order valence-electron chi connectivity index (χ3n) is 5.22. The number of carbonyl (C=O) groups is 1. The highest BCUT2D eigenvalue weighted by molar-refractivity contribution is 7.90. The van der Waals surface area contributed by atoms with Gasteiger partial charge in [0.25, 0.3) is 0 Å². The zero-order valence-electron chi connectivity index (χ0n) is 17.8. The van der Waals surface area contributed by atoms with Crippen LogP contribution in [0.15, 0.2) is 18.2 Å². The van der Waals surface area contributed by atoms with E-state index in [0.29, 0.717) is 43.7 Å². The highest BCUT2D eigenvalue weighted by Crippen LogP contribution is 2.31. The predicted molar refractivity (Wildman–Crippen MR) is 115 cm³/mol. The van der Waals surface area contributed by atoms with E-state index in [2.05, 4.69) is 17.0 Å². The van der Waals surface area contributed by atoms with Gasteiger partial charge in [0.15, 0.2) is 0 Å². The first-order valence-electron chi connectivity index (χ1n) is 10.3. The first-order valence-corrected chi connectivity index (χ1v) is 11.8. The smallest absolute Gasteiger partial charge is 0.227 e. The van der Waals surface area contributed by atoms with Gasteiger partial charge < -0.3 is 15.2 Å². The number of amides is 1. The van der Waals surface area contributed by atoms with Crippen molar-refractivity contribution in [2.24, 2.45) is 5.92 Å². The number of phenols is 1. The summed E-state index contributed by atoms with van der Waals surface area (Å²) in [5.74, 6) is 0.182. The minimum Gasteiger partial charge on any atom is -0.506 e. The molecule has 8 heteroatoms. The quantitative estimate of drug-likeness (QED) is 0.433. The van der Waals surface area contributed by atoms with Crippen molar-refractivity contribution in [1.29, 1.82) is 0 Å². The second-order valence-electron chi connectivity index (χ2n) is 8.65. The Morgan fingerprint density at radius 3 is 2.41 bits per heavy atom. The van der Waals surface area contributed by atoms with Gasteiger partial charge in [-0.3, -0.25) is 4.79 Å². The Hall–Kier alpha value is -1.80. The standard InChI is InChI=1S/C21H34N2O5S/c1-5-6-13-28-17-11-12-18(19(24)14-17)22-20(25)15-7-9-16(10-8-15)23-29(26,27)21(2,3)4/h11-12,14-16,23-24H,5-10,13H2,1-4H3,(H,22,25)/t15-,16-. The Morgan fingerprint density at radius 1 is 1.21 bits per heavy atom. The van der Waals surface area contributed by atoms with Crippen LogP contribution in [0.5, 0.6) is 11.5 Å². The lowest BCUT2D eigenvalue weighted by Crippen LogP contribution is -2.46. The van der Waals surface area contributed by atoms with Crippen LogP contribution in [0.3, 0.4) is 0 Å². The van der Waals surface area contributed by atoms with Gasteiger partial charge in [-0.05, 0) is 65.0 Å². The second-order valence-corrected chi connectivity index (χ2v) is 11.1. The fourth-order valence-corrected chi connectivity index (χ4v) is 4.17. The molecular formula is C21H34N2O5S. The van der Waals surface area contributed by atoms with Crippen molar-refractivity contribution in [3.05, 3.63) is 18.2 Å². The summed E-state index contributed by atoms with van der Waals surface area (Å²) in [4.78, 5) is 12.6. The van der Waals surface area contributed by atoms with Crippen molar-refractivity contribution in [3.8, 4) is 11.5 Å². The van der Waals surface area contributed by atoms with Crippen LogP contribution in [0.2, 0.25) is 0 Å². The van der Waals surface area contributed by atoms with Crippen molar-refractivity contribution >= 4 is 21.6 Å². The fraction of sp³-hybridized carbons (Fsp3) is 0.667. The molecule has 29 heavy (non-hydrogen) atoms.